The summed E-state index contributed by atoms with van der Waals surface area (Å²) in [7, 11) is 0. The number of amides is 2. The van der Waals surface area contributed by atoms with E-state index >= 15 is 0 Å². The molecule has 7 nitrogen and oxygen atoms in total. The van der Waals surface area contributed by atoms with E-state index in [2.05, 4.69) is 36.1 Å². The van der Waals surface area contributed by atoms with Gasteiger partial charge in [-0.2, -0.15) is 0 Å². The van der Waals surface area contributed by atoms with Crippen LogP contribution in [0.5, 0.6) is 0 Å². The Kier molecular flexibility index (Phi) is 5.61. The van der Waals surface area contributed by atoms with E-state index in [9.17, 15) is 9.59 Å². The summed E-state index contributed by atoms with van der Waals surface area (Å²) in [5.41, 5.74) is 0. The van der Waals surface area contributed by atoms with Gasteiger partial charge in [0.25, 0.3) is 5.91 Å². The van der Waals surface area contributed by atoms with Crippen molar-refractivity contribution in [2.24, 2.45) is 0 Å². The van der Waals surface area contributed by atoms with Crippen molar-refractivity contribution >= 4 is 66.5 Å². The van der Waals surface area contributed by atoms with Crippen molar-refractivity contribution in [3.63, 3.8) is 0 Å². The minimum absolute atomic E-state index is 0.0630. The number of piperazine rings is 1. The maximum Gasteiger partial charge on any atom is 0.262 e. The third-order valence-corrected chi connectivity index (χ3v) is 7.09. The van der Waals surface area contributed by atoms with Gasteiger partial charge in [0.15, 0.2) is 0 Å². The molecule has 3 aromatic rings. The fraction of sp³-hybridized carbons (Fsp3) is 0.333. The topological polar surface area (TPSA) is 78.4 Å². The Morgan fingerprint density at radius 2 is 1.96 bits per heavy atom. The Morgan fingerprint density at radius 1 is 1.18 bits per heavy atom. The van der Waals surface area contributed by atoms with E-state index in [-0.39, 0.29) is 11.8 Å². The van der Waals surface area contributed by atoms with Gasteiger partial charge in [0.05, 0.1) is 14.0 Å². The Morgan fingerprint density at radius 3 is 2.68 bits per heavy atom. The number of carbonyl (C=O) groups is 2. The largest absolute Gasteiger partial charge is 0.352 e. The van der Waals surface area contributed by atoms with Gasteiger partial charge < -0.3 is 15.1 Å². The summed E-state index contributed by atoms with van der Waals surface area (Å²) >= 11 is 6.29. The molecule has 2 amide bonds. The zero-order valence-electron chi connectivity index (χ0n) is 15.1. The van der Waals surface area contributed by atoms with Crippen molar-refractivity contribution in [1.29, 1.82) is 0 Å². The molecule has 1 saturated heterocycles. The van der Waals surface area contributed by atoms with Crippen LogP contribution in [0.1, 0.15) is 16.6 Å². The van der Waals surface area contributed by atoms with Crippen LogP contribution in [0.4, 0.5) is 5.82 Å². The lowest BCUT2D eigenvalue weighted by molar-refractivity contribution is -0.133. The van der Waals surface area contributed by atoms with Gasteiger partial charge in [-0.3, -0.25) is 9.59 Å². The SMILES string of the molecule is CC(NC(=O)c1ccc(Br)s1)C(=O)N1CCN(c2ncnc3sccc23)CC1. The average molecular weight is 480 g/mol. The summed E-state index contributed by atoms with van der Waals surface area (Å²) in [5, 5.41) is 5.86. The second-order valence-corrected chi connectivity index (χ2v) is 9.81. The first-order chi connectivity index (χ1) is 13.5. The average Bonchev–Trinajstić information content (AvgIpc) is 3.36. The van der Waals surface area contributed by atoms with Crippen LogP contribution in [0.2, 0.25) is 0 Å². The van der Waals surface area contributed by atoms with Gasteiger partial charge in [-0.25, -0.2) is 9.97 Å². The first-order valence-electron chi connectivity index (χ1n) is 8.81. The van der Waals surface area contributed by atoms with E-state index in [1.54, 1.807) is 35.6 Å². The van der Waals surface area contributed by atoms with E-state index in [1.165, 1.54) is 11.3 Å². The monoisotopic (exact) mass is 479 g/mol. The predicted octanol–water partition coefficient (Wildman–Crippen LogP) is 2.98. The van der Waals surface area contributed by atoms with Gasteiger partial charge in [-0.1, -0.05) is 0 Å². The molecule has 10 heteroatoms. The highest BCUT2D eigenvalue weighted by Gasteiger charge is 2.27. The van der Waals surface area contributed by atoms with Crippen molar-refractivity contribution < 1.29 is 9.59 Å². The van der Waals surface area contributed by atoms with E-state index < -0.39 is 6.04 Å². The molecule has 4 heterocycles. The molecule has 1 unspecified atom stereocenters. The fourth-order valence-electron chi connectivity index (χ4n) is 3.21. The number of rotatable bonds is 4. The number of hydrogen-bond acceptors (Lipinski definition) is 7. The number of anilines is 1. The van der Waals surface area contributed by atoms with Gasteiger partial charge in [0, 0.05) is 26.2 Å². The van der Waals surface area contributed by atoms with Crippen molar-refractivity contribution in [1.82, 2.24) is 20.2 Å². The molecule has 1 aliphatic heterocycles. The number of halogens is 1. The lowest BCUT2D eigenvalue weighted by atomic mass is 10.2. The predicted molar refractivity (Wildman–Crippen MR) is 115 cm³/mol. The molecule has 0 radical (unpaired) electrons. The summed E-state index contributed by atoms with van der Waals surface area (Å²) in [4.78, 5) is 39.3. The van der Waals surface area contributed by atoms with Crippen LogP contribution in [0.15, 0.2) is 33.7 Å². The van der Waals surface area contributed by atoms with Gasteiger partial charge in [0.2, 0.25) is 5.91 Å². The molecule has 3 aromatic heterocycles. The lowest BCUT2D eigenvalue weighted by Gasteiger charge is -2.36. The normalized spacial score (nSPS) is 15.6. The molecule has 0 aromatic carbocycles. The van der Waals surface area contributed by atoms with E-state index in [1.807, 2.05) is 17.5 Å². The standard InChI is InChI=1S/C18H18BrN5O2S2/c1-11(22-16(25)13-2-3-14(19)28-13)18(26)24-7-5-23(6-8-24)15-12-4-9-27-17(12)21-10-20-15/h2-4,9-11H,5-8H2,1H3,(H,22,25). The van der Waals surface area contributed by atoms with Crippen molar-refractivity contribution in [3.05, 3.63) is 38.6 Å². The summed E-state index contributed by atoms with van der Waals surface area (Å²) in [6, 6.07) is 5.03. The van der Waals surface area contributed by atoms with Crippen LogP contribution >= 0.6 is 38.6 Å². The third kappa shape index (κ3) is 3.89. The number of nitrogens with one attached hydrogen (secondary N) is 1. The second kappa shape index (κ2) is 8.14. The molecule has 0 aliphatic carbocycles. The highest BCUT2D eigenvalue weighted by molar-refractivity contribution is 9.11. The van der Waals surface area contributed by atoms with Crippen LogP contribution in [-0.4, -0.2) is 58.9 Å². The van der Waals surface area contributed by atoms with Gasteiger partial charge >= 0.3 is 0 Å². The van der Waals surface area contributed by atoms with Gasteiger partial charge in [0.1, 0.15) is 23.0 Å². The number of fused-ring (bicyclic) bond motifs is 1. The van der Waals surface area contributed by atoms with Crippen LogP contribution < -0.4 is 10.2 Å². The maximum absolute atomic E-state index is 12.7. The smallest absolute Gasteiger partial charge is 0.262 e. The Balaban J connectivity index is 1.36. The number of aromatic nitrogens is 2. The first-order valence-corrected chi connectivity index (χ1v) is 11.3. The van der Waals surface area contributed by atoms with Crippen LogP contribution in [0.25, 0.3) is 10.2 Å². The molecule has 1 N–H and O–H groups in total. The molecule has 0 saturated carbocycles. The second-order valence-electron chi connectivity index (χ2n) is 6.45. The molecule has 1 fully saturated rings. The number of carbonyl (C=O) groups excluding carboxylic acids is 2. The molecule has 0 spiro atoms. The maximum atomic E-state index is 12.7. The fourth-order valence-corrected chi connectivity index (χ4v) is 5.22. The first kappa shape index (κ1) is 19.3. The Hall–Kier alpha value is -2.04. The van der Waals surface area contributed by atoms with E-state index in [0.717, 1.165) is 19.8 Å². The van der Waals surface area contributed by atoms with Crippen molar-refractivity contribution in [3.8, 4) is 0 Å². The third-order valence-electron chi connectivity index (χ3n) is 4.65. The highest BCUT2D eigenvalue weighted by Crippen LogP contribution is 2.27. The molecule has 4 rings (SSSR count). The minimum Gasteiger partial charge on any atom is -0.352 e. The van der Waals surface area contributed by atoms with Crippen molar-refractivity contribution in [2.45, 2.75) is 13.0 Å². The number of thiophene rings is 2. The van der Waals surface area contributed by atoms with Crippen molar-refractivity contribution in [2.75, 3.05) is 31.1 Å². The molecule has 146 valence electrons. The zero-order valence-corrected chi connectivity index (χ0v) is 18.3. The molecule has 1 atom stereocenters. The molecule has 0 bridgehead atoms. The molecular weight excluding hydrogens is 462 g/mol. The van der Waals surface area contributed by atoms with Crippen LogP contribution in [0.3, 0.4) is 0 Å². The molecule has 28 heavy (non-hydrogen) atoms. The number of hydrogen-bond donors (Lipinski definition) is 1. The Labute approximate surface area is 178 Å². The lowest BCUT2D eigenvalue weighted by Crippen LogP contribution is -2.54. The van der Waals surface area contributed by atoms with E-state index in [4.69, 9.17) is 0 Å². The quantitative estimate of drug-likeness (QED) is 0.622. The highest BCUT2D eigenvalue weighted by atomic mass is 79.9. The number of nitrogens with zero attached hydrogens (tertiary/aromatic N) is 4. The van der Waals surface area contributed by atoms with Crippen LogP contribution in [0, 0.1) is 0 Å². The minimum atomic E-state index is -0.567. The van der Waals surface area contributed by atoms with E-state index in [0.29, 0.717) is 31.1 Å². The molecular formula is C18H18BrN5O2S2. The Bertz CT molecular complexity index is 1010. The van der Waals surface area contributed by atoms with Gasteiger partial charge in [-0.05, 0) is 46.4 Å². The zero-order chi connectivity index (χ0) is 19.7. The summed E-state index contributed by atoms with van der Waals surface area (Å²) in [6.07, 6.45) is 1.59. The van der Waals surface area contributed by atoms with Gasteiger partial charge in [-0.15, -0.1) is 22.7 Å². The molecule has 1 aliphatic rings. The summed E-state index contributed by atoms with van der Waals surface area (Å²) < 4.78 is 0.886. The summed E-state index contributed by atoms with van der Waals surface area (Å²) in [5.74, 6) is 0.631. The summed E-state index contributed by atoms with van der Waals surface area (Å²) in [6.45, 7) is 4.32. The van der Waals surface area contributed by atoms with Crippen LogP contribution in [-0.2, 0) is 4.79 Å².